The van der Waals surface area contributed by atoms with Crippen molar-refractivity contribution >= 4 is 40.6 Å². The quantitative estimate of drug-likeness (QED) is 0.667. The minimum absolute atomic E-state index is 0.153. The summed E-state index contributed by atoms with van der Waals surface area (Å²) in [6.07, 6.45) is 0. The number of nitrogens with two attached hydrogens (primary N) is 1. The molecule has 0 unspecified atom stereocenters. The van der Waals surface area contributed by atoms with Gasteiger partial charge in [0.2, 0.25) is 0 Å². The molecule has 0 aliphatic carbocycles. The molecular weight excluding hydrogens is 339 g/mol. The molecule has 0 bridgehead atoms. The van der Waals surface area contributed by atoms with E-state index in [0.29, 0.717) is 33.1 Å². The first-order chi connectivity index (χ1) is 11.1. The summed E-state index contributed by atoms with van der Waals surface area (Å²) in [4.78, 5) is 0. The lowest BCUT2D eigenvalue weighted by Crippen LogP contribution is -1.95. The smallest absolute Gasteiger partial charge is 0.320 e. The standard InChI is InChI=1S/C15H12Cl2N4O2/c16-12-6-3-10(7-13(12)17)19-15-21-20-14(23-15)8-22-11-4-1-9(18)2-5-11/h1-7H,8,18H2,(H,19,21). The molecule has 0 spiro atoms. The molecule has 0 atom stereocenters. The number of aromatic nitrogens is 2. The van der Waals surface area contributed by atoms with E-state index in [0.717, 1.165) is 0 Å². The maximum absolute atomic E-state index is 5.95. The predicted molar refractivity (Wildman–Crippen MR) is 89.2 cm³/mol. The Kier molecular flexibility index (Phi) is 4.55. The van der Waals surface area contributed by atoms with Crippen LogP contribution in [0.5, 0.6) is 5.75 Å². The average molecular weight is 351 g/mol. The third kappa shape index (κ3) is 4.06. The topological polar surface area (TPSA) is 86.2 Å². The van der Waals surface area contributed by atoms with Crippen LogP contribution in [0.3, 0.4) is 0 Å². The number of benzene rings is 2. The summed E-state index contributed by atoms with van der Waals surface area (Å²) in [5, 5.41) is 11.6. The van der Waals surface area contributed by atoms with E-state index in [2.05, 4.69) is 15.5 Å². The average Bonchev–Trinajstić information content (AvgIpc) is 2.98. The van der Waals surface area contributed by atoms with Crippen molar-refractivity contribution in [2.75, 3.05) is 11.1 Å². The second-order valence-electron chi connectivity index (χ2n) is 4.61. The van der Waals surface area contributed by atoms with Gasteiger partial charge in [0, 0.05) is 11.4 Å². The van der Waals surface area contributed by atoms with E-state index in [9.17, 15) is 0 Å². The van der Waals surface area contributed by atoms with Crippen molar-refractivity contribution in [1.29, 1.82) is 0 Å². The first-order valence-electron chi connectivity index (χ1n) is 6.63. The van der Waals surface area contributed by atoms with E-state index in [1.807, 2.05) is 0 Å². The fraction of sp³-hybridized carbons (Fsp3) is 0.0667. The second-order valence-corrected chi connectivity index (χ2v) is 5.43. The molecule has 0 aliphatic rings. The van der Waals surface area contributed by atoms with E-state index in [1.165, 1.54) is 0 Å². The van der Waals surface area contributed by atoms with Gasteiger partial charge in [0.15, 0.2) is 6.61 Å². The van der Waals surface area contributed by atoms with Crippen LogP contribution in [0.4, 0.5) is 17.4 Å². The van der Waals surface area contributed by atoms with E-state index in [-0.39, 0.29) is 12.6 Å². The summed E-state index contributed by atoms with van der Waals surface area (Å²) in [6, 6.07) is 12.4. The molecule has 3 rings (SSSR count). The number of rotatable bonds is 5. The van der Waals surface area contributed by atoms with Gasteiger partial charge in [-0.3, -0.25) is 0 Å². The van der Waals surface area contributed by atoms with Crippen molar-refractivity contribution in [3.05, 3.63) is 58.4 Å². The van der Waals surface area contributed by atoms with Crippen LogP contribution in [0.25, 0.3) is 0 Å². The molecule has 0 fully saturated rings. The third-order valence-corrected chi connectivity index (χ3v) is 3.62. The summed E-state index contributed by atoms with van der Waals surface area (Å²) in [5.74, 6) is 1.00. The molecule has 0 amide bonds. The molecular formula is C15H12Cl2N4O2. The zero-order valence-electron chi connectivity index (χ0n) is 11.8. The Bertz CT molecular complexity index is 805. The number of halogens is 2. The number of hydrogen-bond donors (Lipinski definition) is 2. The van der Waals surface area contributed by atoms with Crippen LogP contribution in [0, 0.1) is 0 Å². The van der Waals surface area contributed by atoms with Gasteiger partial charge in [-0.2, -0.15) is 0 Å². The Morgan fingerprint density at radius 3 is 2.57 bits per heavy atom. The molecule has 1 aromatic heterocycles. The van der Waals surface area contributed by atoms with Crippen LogP contribution < -0.4 is 15.8 Å². The van der Waals surface area contributed by atoms with Gasteiger partial charge in [-0.25, -0.2) is 0 Å². The first-order valence-corrected chi connectivity index (χ1v) is 7.38. The predicted octanol–water partition coefficient (Wildman–Crippen LogP) is 4.28. The van der Waals surface area contributed by atoms with Crippen molar-refractivity contribution in [1.82, 2.24) is 10.2 Å². The lowest BCUT2D eigenvalue weighted by molar-refractivity contribution is 0.265. The highest BCUT2D eigenvalue weighted by Crippen LogP contribution is 2.26. The Morgan fingerprint density at radius 2 is 1.83 bits per heavy atom. The number of ether oxygens (including phenoxy) is 1. The number of anilines is 3. The van der Waals surface area contributed by atoms with Crippen LogP contribution in [0.15, 0.2) is 46.9 Å². The number of hydrogen-bond acceptors (Lipinski definition) is 6. The Labute approximate surface area is 142 Å². The fourth-order valence-corrected chi connectivity index (χ4v) is 2.07. The van der Waals surface area contributed by atoms with Crippen LogP contribution in [0.1, 0.15) is 5.89 Å². The molecule has 0 saturated heterocycles. The molecule has 6 nitrogen and oxygen atoms in total. The highest BCUT2D eigenvalue weighted by molar-refractivity contribution is 6.42. The van der Waals surface area contributed by atoms with Crippen molar-refractivity contribution < 1.29 is 9.15 Å². The molecule has 3 aromatic rings. The van der Waals surface area contributed by atoms with Gasteiger partial charge in [-0.1, -0.05) is 28.3 Å². The summed E-state index contributed by atoms with van der Waals surface area (Å²) in [5.41, 5.74) is 6.97. The van der Waals surface area contributed by atoms with Crippen molar-refractivity contribution in [3.8, 4) is 5.75 Å². The molecule has 0 saturated carbocycles. The third-order valence-electron chi connectivity index (χ3n) is 2.88. The zero-order chi connectivity index (χ0) is 16.2. The van der Waals surface area contributed by atoms with Gasteiger partial charge in [0.05, 0.1) is 10.0 Å². The summed E-state index contributed by atoms with van der Waals surface area (Å²) >= 11 is 11.8. The van der Waals surface area contributed by atoms with Crippen molar-refractivity contribution in [3.63, 3.8) is 0 Å². The fourth-order valence-electron chi connectivity index (χ4n) is 1.77. The zero-order valence-corrected chi connectivity index (χ0v) is 13.3. The van der Waals surface area contributed by atoms with E-state index >= 15 is 0 Å². The summed E-state index contributed by atoms with van der Waals surface area (Å²) in [7, 11) is 0. The Balaban J connectivity index is 1.61. The van der Waals surface area contributed by atoms with Crippen LogP contribution >= 0.6 is 23.2 Å². The highest BCUT2D eigenvalue weighted by atomic mass is 35.5. The summed E-state index contributed by atoms with van der Waals surface area (Å²) in [6.45, 7) is 0.153. The van der Waals surface area contributed by atoms with Gasteiger partial charge in [-0.15, -0.1) is 5.10 Å². The summed E-state index contributed by atoms with van der Waals surface area (Å²) < 4.78 is 11.0. The van der Waals surface area contributed by atoms with Gasteiger partial charge in [0.25, 0.3) is 5.89 Å². The maximum Gasteiger partial charge on any atom is 0.320 e. The lowest BCUT2D eigenvalue weighted by Gasteiger charge is -2.03. The Morgan fingerprint density at radius 1 is 1.04 bits per heavy atom. The number of nitrogens with zero attached hydrogens (tertiary/aromatic N) is 2. The van der Waals surface area contributed by atoms with Gasteiger partial charge >= 0.3 is 6.01 Å². The van der Waals surface area contributed by atoms with Gasteiger partial charge in [0.1, 0.15) is 5.75 Å². The van der Waals surface area contributed by atoms with Crippen molar-refractivity contribution in [2.45, 2.75) is 6.61 Å². The van der Waals surface area contributed by atoms with E-state index < -0.39 is 0 Å². The number of nitrogen functional groups attached to an aromatic ring is 1. The van der Waals surface area contributed by atoms with Crippen LogP contribution in [-0.2, 0) is 6.61 Å². The van der Waals surface area contributed by atoms with Gasteiger partial charge in [-0.05, 0) is 42.5 Å². The Hall–Kier alpha value is -2.44. The largest absolute Gasteiger partial charge is 0.484 e. The molecule has 3 N–H and O–H groups in total. The molecule has 1 heterocycles. The maximum atomic E-state index is 5.95. The molecule has 2 aromatic carbocycles. The first kappa shape index (κ1) is 15.5. The minimum Gasteiger partial charge on any atom is -0.484 e. The van der Waals surface area contributed by atoms with E-state index in [1.54, 1.807) is 42.5 Å². The normalized spacial score (nSPS) is 10.5. The monoisotopic (exact) mass is 350 g/mol. The van der Waals surface area contributed by atoms with Crippen LogP contribution in [-0.4, -0.2) is 10.2 Å². The van der Waals surface area contributed by atoms with Crippen molar-refractivity contribution in [2.24, 2.45) is 0 Å². The highest BCUT2D eigenvalue weighted by Gasteiger charge is 2.08. The molecule has 0 radical (unpaired) electrons. The molecule has 8 heteroatoms. The second kappa shape index (κ2) is 6.76. The number of nitrogens with one attached hydrogen (secondary N) is 1. The SMILES string of the molecule is Nc1ccc(OCc2nnc(Nc3ccc(Cl)c(Cl)c3)o2)cc1. The molecule has 118 valence electrons. The minimum atomic E-state index is 0.153. The van der Waals surface area contributed by atoms with Gasteiger partial charge < -0.3 is 20.2 Å². The van der Waals surface area contributed by atoms with Crippen LogP contribution in [0.2, 0.25) is 10.0 Å². The molecule has 23 heavy (non-hydrogen) atoms. The molecule has 0 aliphatic heterocycles. The van der Waals surface area contributed by atoms with E-state index in [4.69, 9.17) is 38.1 Å². The lowest BCUT2D eigenvalue weighted by atomic mass is 10.3.